The Balaban J connectivity index is 1.17. The molecule has 5 rings (SSSR count). The van der Waals surface area contributed by atoms with E-state index in [-0.39, 0.29) is 0 Å². The molecule has 1 fully saturated rings. The first-order valence-corrected chi connectivity index (χ1v) is 12.8. The highest BCUT2D eigenvalue weighted by Crippen LogP contribution is 2.42. The Hall–Kier alpha value is -2.60. The quantitative estimate of drug-likeness (QED) is 0.391. The van der Waals surface area contributed by atoms with Crippen molar-refractivity contribution in [3.63, 3.8) is 0 Å². The van der Waals surface area contributed by atoms with Gasteiger partial charge in [-0.05, 0) is 84.1 Å². The summed E-state index contributed by atoms with van der Waals surface area (Å²) in [7, 11) is 0. The Kier molecular flexibility index (Phi) is 6.04. The van der Waals surface area contributed by atoms with Crippen molar-refractivity contribution in [3.8, 4) is 0 Å². The van der Waals surface area contributed by atoms with Crippen LogP contribution in [0.1, 0.15) is 58.8 Å². The van der Waals surface area contributed by atoms with Gasteiger partial charge in [0.1, 0.15) is 0 Å². The lowest BCUT2D eigenvalue weighted by molar-refractivity contribution is 0.191. The molecule has 33 heavy (non-hydrogen) atoms. The van der Waals surface area contributed by atoms with Crippen molar-refractivity contribution in [2.45, 2.75) is 58.8 Å². The van der Waals surface area contributed by atoms with Crippen molar-refractivity contribution in [1.29, 1.82) is 0 Å². The lowest BCUT2D eigenvalue weighted by Gasteiger charge is -2.34. The standard InChI is InChI=1S/C33H38/c1-23(30-17-24(2)32-8-6-5-7-29(32)22-30)9-10-27-19-28-12-11-26(20-31(28)21-27)18-25-13-15-33(3,4)16-14-25/h5-8,11-12,17,19-22,25,31-32H,1-2,9-10,13-16,18H2,3-4H3. The maximum atomic E-state index is 4.42. The van der Waals surface area contributed by atoms with E-state index in [1.807, 2.05) is 0 Å². The van der Waals surface area contributed by atoms with Crippen LogP contribution in [0.25, 0.3) is 0 Å². The molecule has 0 saturated heterocycles. The van der Waals surface area contributed by atoms with Gasteiger partial charge >= 0.3 is 0 Å². The average Bonchev–Trinajstić information content (AvgIpc) is 3.21. The fourth-order valence-corrected chi connectivity index (χ4v) is 5.95. The smallest absolute Gasteiger partial charge is 0.0267 e. The molecule has 0 bridgehead atoms. The van der Waals surface area contributed by atoms with Gasteiger partial charge in [0.15, 0.2) is 0 Å². The number of hydrogen-bond donors (Lipinski definition) is 0. The van der Waals surface area contributed by atoms with Gasteiger partial charge in [-0.3, -0.25) is 0 Å². The summed E-state index contributed by atoms with van der Waals surface area (Å²) >= 11 is 0. The average molecular weight is 435 g/mol. The number of allylic oxidation sites excluding steroid dienone is 18. The Morgan fingerprint density at radius 2 is 1.73 bits per heavy atom. The van der Waals surface area contributed by atoms with Gasteiger partial charge < -0.3 is 0 Å². The van der Waals surface area contributed by atoms with E-state index < -0.39 is 0 Å². The van der Waals surface area contributed by atoms with E-state index in [2.05, 4.69) is 93.8 Å². The van der Waals surface area contributed by atoms with E-state index in [1.165, 1.54) is 65.5 Å². The summed E-state index contributed by atoms with van der Waals surface area (Å²) in [5.41, 5.74) is 9.97. The predicted molar refractivity (Wildman–Crippen MR) is 143 cm³/mol. The van der Waals surface area contributed by atoms with E-state index in [9.17, 15) is 0 Å². The highest BCUT2D eigenvalue weighted by atomic mass is 14.3. The fourth-order valence-electron chi connectivity index (χ4n) is 5.95. The maximum absolute atomic E-state index is 4.42. The SMILES string of the molecule is C=C(CCC1=CC2C=C(CC3CCC(C)(C)CC3)C=CC2=C1)C1=CC(=C)C2C=CC=CC2=C1. The van der Waals surface area contributed by atoms with E-state index in [0.29, 0.717) is 17.3 Å². The van der Waals surface area contributed by atoms with E-state index in [0.717, 1.165) is 18.8 Å². The van der Waals surface area contributed by atoms with Crippen LogP contribution in [-0.4, -0.2) is 0 Å². The normalized spacial score (nSPS) is 27.8. The molecule has 0 N–H and O–H groups in total. The zero-order valence-corrected chi connectivity index (χ0v) is 20.4. The summed E-state index contributed by atoms with van der Waals surface area (Å²) < 4.78 is 0. The maximum Gasteiger partial charge on any atom is 0.0267 e. The summed E-state index contributed by atoms with van der Waals surface area (Å²) in [6.07, 6.45) is 34.2. The highest BCUT2D eigenvalue weighted by molar-refractivity contribution is 5.56. The van der Waals surface area contributed by atoms with Crippen molar-refractivity contribution >= 4 is 0 Å². The minimum absolute atomic E-state index is 0.338. The Morgan fingerprint density at radius 1 is 0.939 bits per heavy atom. The summed E-state index contributed by atoms with van der Waals surface area (Å²) in [6.45, 7) is 13.6. The van der Waals surface area contributed by atoms with Gasteiger partial charge in [0.2, 0.25) is 0 Å². The second-order valence-corrected chi connectivity index (χ2v) is 11.4. The van der Waals surface area contributed by atoms with Crippen LogP contribution in [0.5, 0.6) is 0 Å². The molecule has 170 valence electrons. The molecule has 5 aliphatic rings. The third kappa shape index (κ3) is 5.01. The molecule has 0 aromatic heterocycles. The minimum atomic E-state index is 0.338. The van der Waals surface area contributed by atoms with Crippen molar-refractivity contribution in [2.24, 2.45) is 23.2 Å². The third-order valence-corrected chi connectivity index (χ3v) is 8.25. The monoisotopic (exact) mass is 434 g/mol. The van der Waals surface area contributed by atoms with Crippen molar-refractivity contribution in [3.05, 3.63) is 119 Å². The summed E-state index contributed by atoms with van der Waals surface area (Å²) in [4.78, 5) is 0. The fraction of sp³-hybridized carbons (Fsp3) is 0.394. The zero-order chi connectivity index (χ0) is 23.0. The van der Waals surface area contributed by atoms with Crippen LogP contribution < -0.4 is 0 Å². The van der Waals surface area contributed by atoms with Crippen LogP contribution in [0.2, 0.25) is 0 Å². The van der Waals surface area contributed by atoms with E-state index in [4.69, 9.17) is 0 Å². The lowest BCUT2D eigenvalue weighted by atomic mass is 9.71. The summed E-state index contributed by atoms with van der Waals surface area (Å²) in [5, 5.41) is 0. The van der Waals surface area contributed by atoms with Gasteiger partial charge in [-0.15, -0.1) is 0 Å². The van der Waals surface area contributed by atoms with Crippen molar-refractivity contribution in [1.82, 2.24) is 0 Å². The van der Waals surface area contributed by atoms with Crippen LogP contribution in [-0.2, 0) is 0 Å². The molecular weight excluding hydrogens is 396 g/mol. The molecule has 5 aliphatic carbocycles. The number of hydrogen-bond acceptors (Lipinski definition) is 0. The van der Waals surface area contributed by atoms with Gasteiger partial charge in [0.05, 0.1) is 0 Å². The second kappa shape index (κ2) is 8.98. The van der Waals surface area contributed by atoms with Crippen LogP contribution in [0.4, 0.5) is 0 Å². The molecule has 2 unspecified atom stereocenters. The second-order valence-electron chi connectivity index (χ2n) is 11.4. The van der Waals surface area contributed by atoms with Crippen LogP contribution in [0.3, 0.4) is 0 Å². The van der Waals surface area contributed by atoms with Crippen LogP contribution in [0, 0.1) is 23.2 Å². The molecule has 0 radical (unpaired) electrons. The Morgan fingerprint density at radius 3 is 2.55 bits per heavy atom. The first kappa shape index (κ1) is 22.2. The number of fused-ring (bicyclic) bond motifs is 2. The highest BCUT2D eigenvalue weighted by Gasteiger charge is 2.28. The van der Waals surface area contributed by atoms with E-state index in [1.54, 1.807) is 5.57 Å². The summed E-state index contributed by atoms with van der Waals surface area (Å²) in [6, 6.07) is 0. The van der Waals surface area contributed by atoms with E-state index >= 15 is 0 Å². The molecule has 0 heteroatoms. The van der Waals surface area contributed by atoms with Gasteiger partial charge in [-0.2, -0.15) is 0 Å². The molecule has 0 amide bonds. The Labute approximate surface area is 200 Å². The van der Waals surface area contributed by atoms with Crippen LogP contribution in [0.15, 0.2) is 119 Å². The first-order chi connectivity index (χ1) is 15.9. The minimum Gasteiger partial charge on any atom is -0.0952 e. The first-order valence-electron chi connectivity index (χ1n) is 12.8. The van der Waals surface area contributed by atoms with Crippen LogP contribution >= 0.6 is 0 Å². The molecule has 0 nitrogen and oxygen atoms in total. The zero-order valence-electron chi connectivity index (χ0n) is 20.4. The molecule has 1 saturated carbocycles. The van der Waals surface area contributed by atoms with Gasteiger partial charge in [0.25, 0.3) is 0 Å². The predicted octanol–water partition coefficient (Wildman–Crippen LogP) is 9.07. The molecule has 0 aromatic carbocycles. The molecule has 0 heterocycles. The molecule has 2 atom stereocenters. The van der Waals surface area contributed by atoms with Crippen molar-refractivity contribution < 1.29 is 0 Å². The Bertz CT molecular complexity index is 1090. The summed E-state index contributed by atoms with van der Waals surface area (Å²) in [5.74, 6) is 1.68. The molecule has 0 spiro atoms. The van der Waals surface area contributed by atoms with Gasteiger partial charge in [-0.1, -0.05) is 105 Å². The molecular formula is C33H38. The van der Waals surface area contributed by atoms with Crippen molar-refractivity contribution in [2.75, 3.05) is 0 Å². The third-order valence-electron chi connectivity index (χ3n) is 8.25. The number of rotatable bonds is 6. The largest absolute Gasteiger partial charge is 0.0952 e. The molecule has 0 aromatic rings. The lowest BCUT2D eigenvalue weighted by Crippen LogP contribution is -2.21. The topological polar surface area (TPSA) is 0 Å². The van der Waals surface area contributed by atoms with Gasteiger partial charge in [0, 0.05) is 11.8 Å². The molecule has 0 aliphatic heterocycles. The van der Waals surface area contributed by atoms with Gasteiger partial charge in [-0.25, -0.2) is 0 Å².